The molecule has 1 amide bonds. The molecule has 0 saturated carbocycles. The number of likely N-dealkylation sites (tertiary alicyclic amines) is 2. The number of piperidine rings is 1. The quantitative estimate of drug-likeness (QED) is 0.739. The first kappa shape index (κ1) is 17.7. The summed E-state index contributed by atoms with van der Waals surface area (Å²) in [5, 5.41) is 9.48. The maximum absolute atomic E-state index is 12.3. The molecule has 2 heterocycles. The lowest BCUT2D eigenvalue weighted by atomic mass is 9.89. The summed E-state index contributed by atoms with van der Waals surface area (Å²) in [7, 11) is -3.11. The molecule has 0 unspecified atom stereocenters. The van der Waals surface area contributed by atoms with E-state index in [4.69, 9.17) is 0 Å². The average molecular weight is 332 g/mol. The van der Waals surface area contributed by atoms with Gasteiger partial charge in [-0.25, -0.2) is 8.42 Å². The Morgan fingerprint density at radius 2 is 1.82 bits per heavy atom. The number of aliphatic hydroxyl groups is 1. The second kappa shape index (κ2) is 7.75. The highest BCUT2D eigenvalue weighted by atomic mass is 32.2. The van der Waals surface area contributed by atoms with E-state index in [0.29, 0.717) is 19.0 Å². The first-order valence-electron chi connectivity index (χ1n) is 8.16. The normalized spacial score (nSPS) is 27.3. The SMILES string of the molecule is CS(=O)(=O)CCC(=O)N1C[C@@H](CN2CCCC2)C[C@H](CO)C1. The van der Waals surface area contributed by atoms with Crippen LogP contribution in [0.4, 0.5) is 0 Å². The molecule has 0 aromatic rings. The van der Waals surface area contributed by atoms with E-state index in [2.05, 4.69) is 4.90 Å². The van der Waals surface area contributed by atoms with Gasteiger partial charge >= 0.3 is 0 Å². The van der Waals surface area contributed by atoms with E-state index in [0.717, 1.165) is 32.3 Å². The van der Waals surface area contributed by atoms with Gasteiger partial charge in [0.1, 0.15) is 9.84 Å². The number of amides is 1. The first-order chi connectivity index (χ1) is 10.4. The molecule has 0 aromatic carbocycles. The highest BCUT2D eigenvalue weighted by Gasteiger charge is 2.31. The summed E-state index contributed by atoms with van der Waals surface area (Å²) in [6.45, 7) is 4.56. The van der Waals surface area contributed by atoms with Gasteiger partial charge in [0.15, 0.2) is 0 Å². The van der Waals surface area contributed by atoms with Crippen LogP contribution in [0.1, 0.15) is 25.7 Å². The smallest absolute Gasteiger partial charge is 0.223 e. The van der Waals surface area contributed by atoms with Crippen LogP contribution in [-0.2, 0) is 14.6 Å². The summed E-state index contributed by atoms with van der Waals surface area (Å²) in [5.41, 5.74) is 0. The second-order valence-electron chi connectivity index (χ2n) is 6.84. The van der Waals surface area contributed by atoms with E-state index in [-0.39, 0.29) is 30.6 Å². The van der Waals surface area contributed by atoms with Crippen molar-refractivity contribution in [3.05, 3.63) is 0 Å². The van der Waals surface area contributed by atoms with Crippen LogP contribution in [0, 0.1) is 11.8 Å². The number of carbonyl (C=O) groups excluding carboxylic acids is 1. The molecular formula is C15H28N2O4S. The van der Waals surface area contributed by atoms with Gasteiger partial charge in [0.25, 0.3) is 0 Å². The maximum Gasteiger partial charge on any atom is 0.223 e. The topological polar surface area (TPSA) is 77.9 Å². The van der Waals surface area contributed by atoms with E-state index in [9.17, 15) is 18.3 Å². The van der Waals surface area contributed by atoms with Crippen molar-refractivity contribution in [1.82, 2.24) is 9.80 Å². The largest absolute Gasteiger partial charge is 0.396 e. The lowest BCUT2D eigenvalue weighted by molar-refractivity contribution is -0.134. The standard InChI is InChI=1S/C15H28N2O4S/c1-22(20,21)7-4-15(19)17-10-13(8-14(11-17)12-18)9-16-5-2-3-6-16/h13-14,18H,2-12H2,1H3/t13-,14+/m1/s1. The molecule has 128 valence electrons. The van der Waals surface area contributed by atoms with Gasteiger partial charge in [-0.1, -0.05) is 0 Å². The fourth-order valence-corrected chi connectivity index (χ4v) is 4.09. The Bertz CT molecular complexity index is 474. The zero-order valence-electron chi connectivity index (χ0n) is 13.4. The van der Waals surface area contributed by atoms with Gasteiger partial charge in [0, 0.05) is 38.9 Å². The van der Waals surface area contributed by atoms with E-state index in [1.165, 1.54) is 12.8 Å². The van der Waals surface area contributed by atoms with Crippen LogP contribution in [-0.4, -0.2) is 80.6 Å². The van der Waals surface area contributed by atoms with Gasteiger partial charge in [-0.15, -0.1) is 0 Å². The molecule has 7 heteroatoms. The monoisotopic (exact) mass is 332 g/mol. The van der Waals surface area contributed by atoms with Gasteiger partial charge in [-0.2, -0.15) is 0 Å². The van der Waals surface area contributed by atoms with Crippen molar-refractivity contribution in [2.45, 2.75) is 25.7 Å². The highest BCUT2D eigenvalue weighted by molar-refractivity contribution is 7.90. The summed E-state index contributed by atoms with van der Waals surface area (Å²) in [6, 6.07) is 0. The van der Waals surface area contributed by atoms with Crippen LogP contribution < -0.4 is 0 Å². The summed E-state index contributed by atoms with van der Waals surface area (Å²) in [5.74, 6) is 0.299. The molecule has 0 aromatic heterocycles. The zero-order chi connectivity index (χ0) is 16.2. The molecule has 2 rings (SSSR count). The number of sulfone groups is 1. The van der Waals surface area contributed by atoms with Gasteiger partial charge in [-0.3, -0.25) is 4.79 Å². The number of hydrogen-bond donors (Lipinski definition) is 1. The number of carbonyl (C=O) groups is 1. The third-order valence-corrected chi connectivity index (χ3v) is 5.58. The Hall–Kier alpha value is -0.660. The van der Waals surface area contributed by atoms with Crippen molar-refractivity contribution in [3.8, 4) is 0 Å². The van der Waals surface area contributed by atoms with Crippen molar-refractivity contribution >= 4 is 15.7 Å². The van der Waals surface area contributed by atoms with Crippen LogP contribution in [0.25, 0.3) is 0 Å². The number of nitrogens with zero attached hydrogens (tertiary/aromatic N) is 2. The molecule has 1 N–H and O–H groups in total. The Labute approximate surface area is 133 Å². The minimum Gasteiger partial charge on any atom is -0.396 e. The summed E-state index contributed by atoms with van der Waals surface area (Å²) in [6.07, 6.45) is 4.64. The van der Waals surface area contributed by atoms with Gasteiger partial charge in [0.05, 0.1) is 5.75 Å². The lowest BCUT2D eigenvalue weighted by Crippen LogP contribution is -2.48. The molecular weight excluding hydrogens is 304 g/mol. The highest BCUT2D eigenvalue weighted by Crippen LogP contribution is 2.24. The molecule has 2 aliphatic rings. The Morgan fingerprint density at radius 3 is 2.41 bits per heavy atom. The summed E-state index contributed by atoms with van der Waals surface area (Å²) >= 11 is 0. The molecule has 0 radical (unpaired) electrons. The number of hydrogen-bond acceptors (Lipinski definition) is 5. The van der Waals surface area contributed by atoms with Crippen molar-refractivity contribution in [3.63, 3.8) is 0 Å². The fourth-order valence-electron chi connectivity index (χ4n) is 3.55. The van der Waals surface area contributed by atoms with E-state index in [1.54, 1.807) is 4.90 Å². The molecule has 22 heavy (non-hydrogen) atoms. The fraction of sp³-hybridized carbons (Fsp3) is 0.933. The predicted octanol–water partition coefficient (Wildman–Crippen LogP) is -0.0261. The van der Waals surface area contributed by atoms with Gasteiger partial charge < -0.3 is 14.9 Å². The van der Waals surface area contributed by atoms with Crippen LogP contribution in [0.3, 0.4) is 0 Å². The van der Waals surface area contributed by atoms with Gasteiger partial charge in [-0.05, 0) is 44.2 Å². The first-order valence-corrected chi connectivity index (χ1v) is 10.2. The van der Waals surface area contributed by atoms with Crippen molar-refractivity contribution in [2.24, 2.45) is 11.8 Å². The van der Waals surface area contributed by atoms with E-state index >= 15 is 0 Å². The summed E-state index contributed by atoms with van der Waals surface area (Å²) < 4.78 is 22.4. The second-order valence-corrected chi connectivity index (χ2v) is 9.10. The predicted molar refractivity (Wildman–Crippen MR) is 85.3 cm³/mol. The third kappa shape index (κ3) is 5.52. The number of rotatable bonds is 6. The number of aliphatic hydroxyl groups excluding tert-OH is 1. The average Bonchev–Trinajstić information content (AvgIpc) is 2.96. The van der Waals surface area contributed by atoms with Crippen LogP contribution in [0.5, 0.6) is 0 Å². The van der Waals surface area contributed by atoms with Gasteiger partial charge in [0.2, 0.25) is 5.91 Å². The van der Waals surface area contributed by atoms with Crippen molar-refractivity contribution in [1.29, 1.82) is 0 Å². The minimum atomic E-state index is -3.11. The molecule has 6 nitrogen and oxygen atoms in total. The summed E-state index contributed by atoms with van der Waals surface area (Å²) in [4.78, 5) is 16.4. The van der Waals surface area contributed by atoms with E-state index < -0.39 is 9.84 Å². The van der Waals surface area contributed by atoms with Crippen LogP contribution >= 0.6 is 0 Å². The molecule has 2 aliphatic heterocycles. The molecule has 2 fully saturated rings. The minimum absolute atomic E-state index is 0.0490. The van der Waals surface area contributed by atoms with Crippen molar-refractivity contribution in [2.75, 3.05) is 51.3 Å². The van der Waals surface area contributed by atoms with E-state index in [1.807, 2.05) is 0 Å². The molecule has 2 atom stereocenters. The Morgan fingerprint density at radius 1 is 1.18 bits per heavy atom. The molecule has 0 aliphatic carbocycles. The molecule has 0 spiro atoms. The zero-order valence-corrected chi connectivity index (χ0v) is 14.2. The van der Waals surface area contributed by atoms with Crippen LogP contribution in [0.15, 0.2) is 0 Å². The maximum atomic E-state index is 12.3. The van der Waals surface area contributed by atoms with Crippen LogP contribution in [0.2, 0.25) is 0 Å². The van der Waals surface area contributed by atoms with Crippen molar-refractivity contribution < 1.29 is 18.3 Å². The molecule has 0 bridgehead atoms. The Kier molecular flexibility index (Phi) is 6.23. The Balaban J connectivity index is 1.90. The molecule has 2 saturated heterocycles. The third-order valence-electron chi connectivity index (χ3n) is 4.64. The lowest BCUT2D eigenvalue weighted by Gasteiger charge is -2.38.